The highest BCUT2D eigenvalue weighted by Crippen LogP contribution is 2.21. The Morgan fingerprint density at radius 2 is 1.83 bits per heavy atom. The molecule has 10 nitrogen and oxygen atoms in total. The van der Waals surface area contributed by atoms with Crippen molar-refractivity contribution in [3.8, 4) is 0 Å². The standard InChI is InChI=1S/C24H34ClFN6O4/c1-14(2)20(31-21(34)15-7-9-16(25)10-8-15)23(36)32-12-4-6-18(32)22(35)30-17(19(33)13-26)5-3-11-29-24(27)28/h7-10,14,17-18,20H,3-6,11-13H2,1-2H3,(H,30,35)(H,31,34)(H4,27,28,29). The van der Waals surface area contributed by atoms with E-state index >= 15 is 0 Å². The van der Waals surface area contributed by atoms with Crippen molar-refractivity contribution in [1.29, 1.82) is 0 Å². The van der Waals surface area contributed by atoms with Gasteiger partial charge in [-0.3, -0.25) is 24.2 Å². The molecular formula is C24H34ClFN6O4. The number of benzene rings is 1. The van der Waals surface area contributed by atoms with Crippen molar-refractivity contribution in [3.05, 3.63) is 34.9 Å². The van der Waals surface area contributed by atoms with Crippen LogP contribution in [0.4, 0.5) is 4.39 Å². The lowest BCUT2D eigenvalue weighted by Gasteiger charge is -2.31. The normalized spacial score (nSPS) is 16.8. The number of nitrogens with zero attached hydrogens (tertiary/aromatic N) is 2. The van der Waals surface area contributed by atoms with Gasteiger partial charge < -0.3 is 27.0 Å². The summed E-state index contributed by atoms with van der Waals surface area (Å²) in [4.78, 5) is 56.5. The molecule has 0 aliphatic carbocycles. The molecule has 0 aromatic heterocycles. The minimum absolute atomic E-state index is 0.102. The molecule has 1 saturated heterocycles. The van der Waals surface area contributed by atoms with Gasteiger partial charge in [0.1, 0.15) is 18.8 Å². The number of likely N-dealkylation sites (tertiary alicyclic amines) is 1. The van der Waals surface area contributed by atoms with Crippen LogP contribution in [0.3, 0.4) is 0 Å². The molecule has 1 aromatic carbocycles. The Morgan fingerprint density at radius 3 is 2.42 bits per heavy atom. The van der Waals surface area contributed by atoms with E-state index in [9.17, 15) is 23.6 Å². The van der Waals surface area contributed by atoms with Gasteiger partial charge in [0.25, 0.3) is 5.91 Å². The first-order chi connectivity index (χ1) is 17.0. The Morgan fingerprint density at radius 1 is 1.17 bits per heavy atom. The topological polar surface area (TPSA) is 160 Å². The van der Waals surface area contributed by atoms with E-state index in [1.54, 1.807) is 38.1 Å². The number of amides is 3. The summed E-state index contributed by atoms with van der Waals surface area (Å²) in [5.41, 5.74) is 10.9. The molecule has 198 valence electrons. The summed E-state index contributed by atoms with van der Waals surface area (Å²) in [7, 11) is 0. The molecule has 6 N–H and O–H groups in total. The molecule has 3 unspecified atom stereocenters. The van der Waals surface area contributed by atoms with Crippen LogP contribution < -0.4 is 22.1 Å². The molecule has 0 saturated carbocycles. The number of Topliss-reactive ketones (excluding diaryl/α,β-unsaturated/α-hetero) is 1. The van der Waals surface area contributed by atoms with E-state index in [-0.39, 0.29) is 24.8 Å². The molecule has 3 amide bonds. The molecule has 1 aliphatic rings. The Kier molecular flexibility index (Phi) is 11.1. The SMILES string of the molecule is CC(C)C(NC(=O)c1ccc(Cl)cc1)C(=O)N1CCCC1C(=O)NC(CCCN=C(N)N)C(=O)CF. The lowest BCUT2D eigenvalue weighted by atomic mass is 10.0. The monoisotopic (exact) mass is 524 g/mol. The second-order valence-electron chi connectivity index (χ2n) is 9.00. The van der Waals surface area contributed by atoms with E-state index in [4.69, 9.17) is 23.1 Å². The average Bonchev–Trinajstić information content (AvgIpc) is 3.33. The molecule has 1 fully saturated rings. The van der Waals surface area contributed by atoms with Gasteiger partial charge in [-0.2, -0.15) is 0 Å². The number of nitrogens with two attached hydrogens (primary N) is 2. The largest absolute Gasteiger partial charge is 0.370 e. The van der Waals surface area contributed by atoms with Gasteiger partial charge in [-0.05, 0) is 55.9 Å². The summed E-state index contributed by atoms with van der Waals surface area (Å²) in [6.07, 6.45) is 1.47. The third-order valence-electron chi connectivity index (χ3n) is 5.95. The van der Waals surface area contributed by atoms with Gasteiger partial charge in [-0.15, -0.1) is 0 Å². The second kappa shape index (κ2) is 13.8. The highest BCUT2D eigenvalue weighted by atomic mass is 35.5. The maximum absolute atomic E-state index is 13.4. The molecule has 1 aliphatic heterocycles. The molecule has 12 heteroatoms. The zero-order valence-electron chi connectivity index (χ0n) is 20.5. The molecule has 2 rings (SSSR count). The molecule has 3 atom stereocenters. The summed E-state index contributed by atoms with van der Waals surface area (Å²) in [5, 5.41) is 5.83. The zero-order chi connectivity index (χ0) is 26.8. The van der Waals surface area contributed by atoms with Crippen LogP contribution in [0.5, 0.6) is 0 Å². The number of carbonyl (C=O) groups is 4. The van der Waals surface area contributed by atoms with Gasteiger partial charge in [-0.25, -0.2) is 4.39 Å². The van der Waals surface area contributed by atoms with E-state index in [1.165, 1.54) is 4.90 Å². The molecular weight excluding hydrogens is 491 g/mol. The number of hydrogen-bond acceptors (Lipinski definition) is 5. The molecule has 36 heavy (non-hydrogen) atoms. The zero-order valence-corrected chi connectivity index (χ0v) is 21.3. The Hall–Kier alpha value is -3.21. The fourth-order valence-corrected chi connectivity index (χ4v) is 4.13. The number of halogens is 2. The van der Waals surface area contributed by atoms with Gasteiger partial charge in [0, 0.05) is 23.7 Å². The summed E-state index contributed by atoms with van der Waals surface area (Å²) in [6.45, 7) is 2.91. The van der Waals surface area contributed by atoms with Crippen molar-refractivity contribution in [3.63, 3.8) is 0 Å². The first kappa shape index (κ1) is 29.0. The average molecular weight is 525 g/mol. The van der Waals surface area contributed by atoms with E-state index in [1.807, 2.05) is 0 Å². The maximum Gasteiger partial charge on any atom is 0.251 e. The maximum atomic E-state index is 13.4. The summed E-state index contributed by atoms with van der Waals surface area (Å²) >= 11 is 5.88. The number of alkyl halides is 1. The molecule has 0 bridgehead atoms. The Bertz CT molecular complexity index is 968. The van der Waals surface area contributed by atoms with E-state index in [2.05, 4.69) is 15.6 Å². The number of ketones is 1. The number of hydrogen-bond donors (Lipinski definition) is 4. The highest BCUT2D eigenvalue weighted by Gasteiger charge is 2.39. The van der Waals surface area contributed by atoms with Crippen molar-refractivity contribution >= 4 is 41.1 Å². The van der Waals surface area contributed by atoms with Crippen molar-refractivity contribution in [1.82, 2.24) is 15.5 Å². The van der Waals surface area contributed by atoms with Gasteiger partial charge in [0.05, 0.1) is 6.04 Å². The third-order valence-corrected chi connectivity index (χ3v) is 6.20. The van der Waals surface area contributed by atoms with E-state index in [0.29, 0.717) is 36.4 Å². The van der Waals surface area contributed by atoms with Crippen LogP contribution in [-0.2, 0) is 14.4 Å². The summed E-state index contributed by atoms with van der Waals surface area (Å²) in [6, 6.07) is 3.51. The Labute approximate surface area is 215 Å². The smallest absolute Gasteiger partial charge is 0.251 e. The molecule has 1 aromatic rings. The van der Waals surface area contributed by atoms with Gasteiger partial charge >= 0.3 is 0 Å². The van der Waals surface area contributed by atoms with Gasteiger partial charge in [-0.1, -0.05) is 25.4 Å². The van der Waals surface area contributed by atoms with Crippen LogP contribution in [0, 0.1) is 5.92 Å². The fraction of sp³-hybridized carbons (Fsp3) is 0.542. The van der Waals surface area contributed by atoms with Crippen LogP contribution in [0.1, 0.15) is 49.9 Å². The Balaban J connectivity index is 2.09. The first-order valence-electron chi connectivity index (χ1n) is 11.9. The van der Waals surface area contributed by atoms with Crippen molar-refractivity contribution < 1.29 is 23.6 Å². The number of nitrogens with one attached hydrogen (secondary N) is 2. The number of guanidine groups is 1. The lowest BCUT2D eigenvalue weighted by molar-refractivity contribution is -0.141. The van der Waals surface area contributed by atoms with E-state index in [0.717, 1.165) is 0 Å². The van der Waals surface area contributed by atoms with Crippen LogP contribution in [-0.4, -0.2) is 72.3 Å². The molecule has 0 radical (unpaired) electrons. The predicted molar refractivity (Wildman–Crippen MR) is 135 cm³/mol. The molecule has 1 heterocycles. The van der Waals surface area contributed by atoms with Crippen LogP contribution in [0.25, 0.3) is 0 Å². The lowest BCUT2D eigenvalue weighted by Crippen LogP contribution is -2.56. The van der Waals surface area contributed by atoms with Crippen LogP contribution >= 0.6 is 11.6 Å². The van der Waals surface area contributed by atoms with Crippen LogP contribution in [0.2, 0.25) is 5.02 Å². The number of carbonyl (C=O) groups excluding carboxylic acids is 4. The minimum atomic E-state index is -1.23. The quantitative estimate of drug-likeness (QED) is 0.182. The third kappa shape index (κ3) is 8.18. The molecule has 0 spiro atoms. The first-order valence-corrected chi connectivity index (χ1v) is 12.2. The fourth-order valence-electron chi connectivity index (χ4n) is 4.00. The van der Waals surface area contributed by atoms with Gasteiger partial charge in [0.2, 0.25) is 11.8 Å². The highest BCUT2D eigenvalue weighted by molar-refractivity contribution is 6.30. The second-order valence-corrected chi connectivity index (χ2v) is 9.44. The van der Waals surface area contributed by atoms with Crippen molar-refractivity contribution in [2.45, 2.75) is 57.7 Å². The summed E-state index contributed by atoms with van der Waals surface area (Å²) < 4.78 is 13.1. The predicted octanol–water partition coefficient (Wildman–Crippen LogP) is 1.16. The van der Waals surface area contributed by atoms with Gasteiger partial charge in [0.15, 0.2) is 11.7 Å². The number of rotatable bonds is 12. The minimum Gasteiger partial charge on any atom is -0.370 e. The van der Waals surface area contributed by atoms with E-state index < -0.39 is 48.3 Å². The summed E-state index contributed by atoms with van der Waals surface area (Å²) in [5.74, 6) is -2.50. The van der Waals surface area contributed by atoms with Crippen molar-refractivity contribution in [2.24, 2.45) is 22.4 Å². The van der Waals surface area contributed by atoms with Crippen molar-refractivity contribution in [2.75, 3.05) is 19.8 Å². The van der Waals surface area contributed by atoms with Crippen LogP contribution in [0.15, 0.2) is 29.3 Å². The number of aliphatic imine (C=N–C) groups is 1.